The van der Waals surface area contributed by atoms with Gasteiger partial charge in [-0.2, -0.15) is 0 Å². The SMILES string of the molecule is [C-]#[N+]c1c(-c2ccccc2)nc(-c2ccccc2)nc1-c1cc2c(c3ccccc3n2-c2ccccc2)c2c1c1ccccc1n2-c1ccccc1. The van der Waals surface area contributed by atoms with Crippen molar-refractivity contribution in [2.24, 2.45) is 0 Å². The van der Waals surface area contributed by atoms with Crippen LogP contribution in [0.2, 0.25) is 0 Å². The van der Waals surface area contributed by atoms with E-state index in [-0.39, 0.29) is 0 Å². The van der Waals surface area contributed by atoms with E-state index >= 15 is 0 Å². The van der Waals surface area contributed by atoms with Gasteiger partial charge in [0.15, 0.2) is 5.82 Å². The molecule has 0 unspecified atom stereocenters. The number of hydrogen-bond donors (Lipinski definition) is 0. The molecule has 0 spiro atoms. The highest BCUT2D eigenvalue weighted by Gasteiger charge is 2.27. The topological polar surface area (TPSA) is 40.0 Å². The largest absolute Gasteiger partial charge is 0.309 e. The minimum absolute atomic E-state index is 0.422. The van der Waals surface area contributed by atoms with Crippen molar-refractivity contribution in [1.29, 1.82) is 0 Å². The Morgan fingerprint density at radius 1 is 0.442 bits per heavy atom. The van der Waals surface area contributed by atoms with Crippen molar-refractivity contribution in [2.45, 2.75) is 0 Å². The van der Waals surface area contributed by atoms with E-state index in [9.17, 15) is 0 Å². The lowest BCUT2D eigenvalue weighted by molar-refractivity contribution is 1.17. The normalized spacial score (nSPS) is 11.4. The number of aromatic nitrogens is 4. The molecule has 0 bridgehead atoms. The molecule has 3 heterocycles. The van der Waals surface area contributed by atoms with Crippen molar-refractivity contribution >= 4 is 49.3 Å². The first-order valence-corrected chi connectivity index (χ1v) is 17.3. The van der Waals surface area contributed by atoms with E-state index in [1.807, 2.05) is 66.7 Å². The Labute approximate surface area is 300 Å². The third-order valence-electron chi connectivity index (χ3n) is 9.93. The third kappa shape index (κ3) is 4.49. The van der Waals surface area contributed by atoms with Gasteiger partial charge in [-0.05, 0) is 48.0 Å². The van der Waals surface area contributed by atoms with Crippen LogP contribution in [-0.4, -0.2) is 19.1 Å². The minimum Gasteiger partial charge on any atom is -0.309 e. The Morgan fingerprint density at radius 2 is 0.923 bits per heavy atom. The maximum absolute atomic E-state index is 8.67. The summed E-state index contributed by atoms with van der Waals surface area (Å²) >= 11 is 0. The van der Waals surface area contributed by atoms with Crippen LogP contribution in [0.1, 0.15) is 0 Å². The molecule has 0 saturated heterocycles. The molecule has 0 amide bonds. The number of hydrogen-bond acceptors (Lipinski definition) is 2. The van der Waals surface area contributed by atoms with Gasteiger partial charge in [-0.15, -0.1) is 0 Å². The summed E-state index contributed by atoms with van der Waals surface area (Å²) in [6.07, 6.45) is 0. The molecular weight excluding hydrogens is 635 g/mol. The lowest BCUT2D eigenvalue weighted by atomic mass is 9.97. The minimum atomic E-state index is 0.422. The molecular formula is C47H29N5. The van der Waals surface area contributed by atoms with Gasteiger partial charge < -0.3 is 9.13 Å². The summed E-state index contributed by atoms with van der Waals surface area (Å²) in [5.41, 5.74) is 10.7. The van der Waals surface area contributed by atoms with E-state index < -0.39 is 0 Å². The molecule has 10 aromatic rings. The summed E-state index contributed by atoms with van der Waals surface area (Å²) in [5.74, 6) is 0.575. The summed E-state index contributed by atoms with van der Waals surface area (Å²) in [7, 11) is 0. The summed E-state index contributed by atoms with van der Waals surface area (Å²) in [6.45, 7) is 8.67. The van der Waals surface area contributed by atoms with Crippen molar-refractivity contribution in [1.82, 2.24) is 19.1 Å². The van der Waals surface area contributed by atoms with Crippen molar-refractivity contribution < 1.29 is 0 Å². The van der Waals surface area contributed by atoms with Crippen LogP contribution >= 0.6 is 0 Å². The zero-order chi connectivity index (χ0) is 34.6. The quantitative estimate of drug-likeness (QED) is 0.172. The fourth-order valence-electron chi connectivity index (χ4n) is 7.75. The Bertz CT molecular complexity index is 2990. The first-order valence-electron chi connectivity index (χ1n) is 17.3. The second-order valence-corrected chi connectivity index (χ2v) is 12.9. The van der Waals surface area contributed by atoms with Crippen LogP contribution in [0.4, 0.5) is 5.69 Å². The molecule has 0 saturated carbocycles. The monoisotopic (exact) mass is 663 g/mol. The summed E-state index contributed by atoms with van der Waals surface area (Å²) in [6, 6.07) is 60.6. The van der Waals surface area contributed by atoms with Gasteiger partial charge in [0.25, 0.3) is 0 Å². The molecule has 0 fully saturated rings. The van der Waals surface area contributed by atoms with Crippen LogP contribution in [0, 0.1) is 6.57 Å². The Hall–Kier alpha value is -7.29. The summed E-state index contributed by atoms with van der Waals surface area (Å²) in [4.78, 5) is 14.6. The molecule has 10 rings (SSSR count). The molecule has 0 aliphatic heterocycles. The van der Waals surface area contributed by atoms with E-state index in [2.05, 4.69) is 123 Å². The average molecular weight is 664 g/mol. The van der Waals surface area contributed by atoms with E-state index in [1.165, 1.54) is 0 Å². The van der Waals surface area contributed by atoms with Crippen LogP contribution in [0.3, 0.4) is 0 Å². The van der Waals surface area contributed by atoms with Crippen LogP contribution in [-0.2, 0) is 0 Å². The van der Waals surface area contributed by atoms with Crippen molar-refractivity contribution in [3.8, 4) is 45.3 Å². The standard InChI is InChI=1S/C47H29N5/c1-48-45-43(31-18-6-2-7-19-31)49-47(32-20-8-3-9-21-32)50-44(45)37-30-40-42(36-27-15-16-28-38(36)51(40)33-22-10-4-11-23-33)46-41(37)35-26-14-17-29-39(35)52(46)34-24-12-5-13-25-34/h2-30H. The predicted octanol–water partition coefficient (Wildman–Crippen LogP) is 12.2. The molecule has 5 nitrogen and oxygen atoms in total. The Balaban J connectivity index is 1.47. The molecule has 242 valence electrons. The summed E-state index contributed by atoms with van der Waals surface area (Å²) in [5, 5.41) is 4.43. The van der Waals surface area contributed by atoms with Crippen molar-refractivity contribution in [3.05, 3.63) is 187 Å². The van der Waals surface area contributed by atoms with Crippen LogP contribution < -0.4 is 0 Å². The van der Waals surface area contributed by atoms with E-state index in [4.69, 9.17) is 16.5 Å². The number of rotatable bonds is 5. The molecule has 52 heavy (non-hydrogen) atoms. The van der Waals surface area contributed by atoms with Gasteiger partial charge in [-0.1, -0.05) is 133 Å². The third-order valence-corrected chi connectivity index (χ3v) is 9.93. The summed E-state index contributed by atoms with van der Waals surface area (Å²) < 4.78 is 4.72. The first-order chi connectivity index (χ1) is 25.8. The maximum Gasteiger partial charge on any atom is 0.238 e. The van der Waals surface area contributed by atoms with Gasteiger partial charge in [0.1, 0.15) is 0 Å². The van der Waals surface area contributed by atoms with Gasteiger partial charge in [0.2, 0.25) is 5.69 Å². The average Bonchev–Trinajstić information content (AvgIpc) is 3.74. The molecule has 0 aliphatic carbocycles. The smallest absolute Gasteiger partial charge is 0.238 e. The zero-order valence-corrected chi connectivity index (χ0v) is 28.0. The van der Waals surface area contributed by atoms with Crippen LogP contribution in [0.15, 0.2) is 176 Å². The Morgan fingerprint density at radius 3 is 1.54 bits per heavy atom. The van der Waals surface area contributed by atoms with Crippen LogP contribution in [0.5, 0.6) is 0 Å². The predicted molar refractivity (Wildman–Crippen MR) is 213 cm³/mol. The molecule has 7 aromatic carbocycles. The molecule has 0 radical (unpaired) electrons. The molecule has 0 aliphatic rings. The number of benzene rings is 7. The fourth-order valence-corrected chi connectivity index (χ4v) is 7.75. The number of para-hydroxylation sites is 4. The van der Waals surface area contributed by atoms with Gasteiger partial charge in [-0.25, -0.2) is 14.8 Å². The highest BCUT2D eigenvalue weighted by atomic mass is 15.0. The number of nitrogens with zero attached hydrogens (tertiary/aromatic N) is 5. The second kappa shape index (κ2) is 11.9. The maximum atomic E-state index is 8.67. The lowest BCUT2D eigenvalue weighted by Crippen LogP contribution is -1.99. The molecule has 5 heteroatoms. The molecule has 3 aromatic heterocycles. The van der Waals surface area contributed by atoms with Crippen molar-refractivity contribution in [3.63, 3.8) is 0 Å². The molecule has 0 atom stereocenters. The highest BCUT2D eigenvalue weighted by molar-refractivity contribution is 6.30. The number of fused-ring (bicyclic) bond motifs is 7. The first kappa shape index (κ1) is 29.6. The van der Waals surface area contributed by atoms with Crippen LogP contribution in [0.25, 0.3) is 93.7 Å². The van der Waals surface area contributed by atoms with Gasteiger partial charge in [0, 0.05) is 44.0 Å². The zero-order valence-electron chi connectivity index (χ0n) is 28.0. The van der Waals surface area contributed by atoms with Gasteiger partial charge >= 0.3 is 0 Å². The van der Waals surface area contributed by atoms with Gasteiger partial charge in [-0.3, -0.25) is 0 Å². The molecule has 0 N–H and O–H groups in total. The highest BCUT2D eigenvalue weighted by Crippen LogP contribution is 2.49. The van der Waals surface area contributed by atoms with Crippen molar-refractivity contribution in [2.75, 3.05) is 0 Å². The van der Waals surface area contributed by atoms with E-state index in [1.54, 1.807) is 0 Å². The second-order valence-electron chi connectivity index (χ2n) is 12.9. The van der Waals surface area contributed by atoms with Gasteiger partial charge in [0.05, 0.1) is 40.0 Å². The fraction of sp³-hybridized carbons (Fsp3) is 0. The Kier molecular flexibility index (Phi) is 6.80. The van der Waals surface area contributed by atoms with E-state index in [0.717, 1.165) is 71.7 Å². The van der Waals surface area contributed by atoms with E-state index in [0.29, 0.717) is 22.9 Å². The lowest BCUT2D eigenvalue weighted by Gasteiger charge is -2.15.